The summed E-state index contributed by atoms with van der Waals surface area (Å²) in [6.07, 6.45) is 7.04. The number of fused-ring (bicyclic) bond motifs is 1. The van der Waals surface area contributed by atoms with Gasteiger partial charge in [-0.3, -0.25) is 4.74 Å². The first-order valence-corrected chi connectivity index (χ1v) is 7.63. The number of aromatic amines is 1. The molecule has 3 aliphatic rings. The third-order valence-electron chi connectivity index (χ3n) is 4.85. The van der Waals surface area contributed by atoms with Crippen LogP contribution in [0.4, 0.5) is 0 Å². The van der Waals surface area contributed by atoms with Gasteiger partial charge in [-0.15, -0.1) is 0 Å². The Kier molecular flexibility index (Phi) is 2.17. The third kappa shape index (κ3) is 1.64. The van der Waals surface area contributed by atoms with E-state index in [0.29, 0.717) is 5.92 Å². The summed E-state index contributed by atoms with van der Waals surface area (Å²) in [5.41, 5.74) is 11.1. The fourth-order valence-electron chi connectivity index (χ4n) is 3.01. The van der Waals surface area contributed by atoms with Crippen molar-refractivity contribution in [2.75, 3.05) is 0 Å². The van der Waals surface area contributed by atoms with Gasteiger partial charge in [-0.25, -0.2) is 9.97 Å². The molecule has 3 fully saturated rings. The van der Waals surface area contributed by atoms with Crippen molar-refractivity contribution in [3.8, 4) is 6.07 Å². The molecule has 7 heteroatoms. The Labute approximate surface area is 126 Å². The molecule has 5 rings (SSSR count). The molecule has 2 unspecified atom stereocenters. The Morgan fingerprint density at radius 3 is 2.95 bits per heavy atom. The van der Waals surface area contributed by atoms with E-state index < -0.39 is 5.54 Å². The van der Waals surface area contributed by atoms with Gasteiger partial charge in [-0.05, 0) is 12.8 Å². The monoisotopic (exact) mass is 295 g/mol. The molecule has 2 saturated carbocycles. The van der Waals surface area contributed by atoms with Crippen LogP contribution in [0.25, 0.3) is 11.2 Å². The van der Waals surface area contributed by atoms with E-state index in [2.05, 4.69) is 16.0 Å². The first-order valence-electron chi connectivity index (χ1n) is 7.63. The number of rotatable bonds is 4. The molecule has 0 amide bonds. The first-order chi connectivity index (χ1) is 10.7. The number of H-pyrrole nitrogens is 1. The van der Waals surface area contributed by atoms with Crippen LogP contribution in [0, 0.1) is 16.9 Å². The van der Waals surface area contributed by atoms with E-state index in [1.54, 1.807) is 0 Å². The van der Waals surface area contributed by atoms with Gasteiger partial charge >= 0.3 is 6.23 Å². The molecule has 2 aromatic rings. The molecule has 0 bridgehead atoms. The van der Waals surface area contributed by atoms with Gasteiger partial charge in [0.1, 0.15) is 11.6 Å². The normalized spacial score (nSPS) is 28.3. The lowest BCUT2D eigenvalue weighted by Gasteiger charge is -1.99. The molecule has 0 radical (unpaired) electrons. The predicted molar refractivity (Wildman–Crippen MR) is 74.0 cm³/mol. The molecule has 2 aliphatic carbocycles. The van der Waals surface area contributed by atoms with Crippen LogP contribution in [0.5, 0.6) is 0 Å². The van der Waals surface area contributed by atoms with Crippen molar-refractivity contribution in [2.24, 2.45) is 0 Å². The minimum atomic E-state index is -0.642. The summed E-state index contributed by atoms with van der Waals surface area (Å²) in [6, 6.07) is 2.23. The number of nitrogens with zero attached hydrogens (tertiary/aromatic N) is 4. The number of hydrogen-bond donors (Lipinski definition) is 2. The van der Waals surface area contributed by atoms with Crippen molar-refractivity contribution >= 4 is 11.2 Å². The van der Waals surface area contributed by atoms with Crippen molar-refractivity contribution in [3.63, 3.8) is 0 Å². The van der Waals surface area contributed by atoms with Crippen LogP contribution in [-0.4, -0.2) is 31.4 Å². The van der Waals surface area contributed by atoms with E-state index in [1.807, 2.05) is 12.4 Å². The maximum atomic E-state index is 9.20. The van der Waals surface area contributed by atoms with Gasteiger partial charge in [-0.2, -0.15) is 5.26 Å². The van der Waals surface area contributed by atoms with Crippen LogP contribution in [0.3, 0.4) is 0 Å². The Hall–Kier alpha value is -2.33. The summed E-state index contributed by atoms with van der Waals surface area (Å²) < 4.78 is 7.00. The van der Waals surface area contributed by atoms with Crippen LogP contribution in [-0.2, 0) is 4.74 Å². The minimum absolute atomic E-state index is 0.194. The molecule has 1 saturated heterocycles. The third-order valence-corrected chi connectivity index (χ3v) is 4.85. The van der Waals surface area contributed by atoms with Gasteiger partial charge in [0.15, 0.2) is 11.8 Å². The molecule has 22 heavy (non-hydrogen) atoms. The molecular formula is C15H15N6O+. The zero-order valence-corrected chi connectivity index (χ0v) is 11.9. The second-order valence-corrected chi connectivity index (χ2v) is 6.47. The highest BCUT2D eigenvalue weighted by Crippen LogP contribution is 2.49. The summed E-state index contributed by atoms with van der Waals surface area (Å²) in [6.45, 7) is 0. The summed E-state index contributed by atoms with van der Waals surface area (Å²) in [4.78, 5) is 12.3. The summed E-state index contributed by atoms with van der Waals surface area (Å²) in [5.74, 6) is 0.552. The van der Waals surface area contributed by atoms with Gasteiger partial charge in [0.25, 0.3) is 5.54 Å². The fraction of sp³-hybridized carbons (Fsp3) is 0.533. The highest BCUT2D eigenvalue weighted by Gasteiger charge is 2.65. The van der Waals surface area contributed by atoms with Gasteiger partial charge in [-0.1, -0.05) is 10.2 Å². The van der Waals surface area contributed by atoms with E-state index in [0.717, 1.165) is 35.3 Å². The highest BCUT2D eigenvalue weighted by molar-refractivity contribution is 5.76. The smallest absolute Gasteiger partial charge is 0.315 e. The Bertz CT molecular complexity index is 841. The number of aromatic nitrogens is 3. The molecule has 3 heterocycles. The molecule has 0 spiro atoms. The Morgan fingerprint density at radius 2 is 2.27 bits per heavy atom. The SMILES string of the molecule is N#CC1([N+](=N)C2OC2c2c[nH]c3ncc(C4CC4)nc23)CC1. The zero-order valence-electron chi connectivity index (χ0n) is 11.9. The van der Waals surface area contributed by atoms with E-state index in [-0.39, 0.29) is 12.3 Å². The van der Waals surface area contributed by atoms with E-state index in [1.165, 1.54) is 17.5 Å². The molecule has 2 atom stereocenters. The standard InChI is InChI=1S/C15H15N6O/c16-7-15(3-4-15)21(17)14-12(22-14)9-5-18-13-11(9)20-10(6-19-13)8-1-2-8/h5-6,8,12,14,17H,1-4H2,(H,18,19)/q+1. The average molecular weight is 295 g/mol. The molecule has 2 N–H and O–H groups in total. The van der Waals surface area contributed by atoms with Crippen molar-refractivity contribution in [1.82, 2.24) is 15.0 Å². The molecule has 1 aliphatic heterocycles. The van der Waals surface area contributed by atoms with Crippen molar-refractivity contribution in [2.45, 2.75) is 49.5 Å². The van der Waals surface area contributed by atoms with Gasteiger partial charge < -0.3 is 4.98 Å². The Balaban J connectivity index is 1.47. The lowest BCUT2D eigenvalue weighted by Crippen LogP contribution is -2.27. The van der Waals surface area contributed by atoms with Crippen molar-refractivity contribution in [3.05, 3.63) is 23.7 Å². The second-order valence-electron chi connectivity index (χ2n) is 6.47. The summed E-state index contributed by atoms with van der Waals surface area (Å²) in [5, 5.41) is 9.20. The van der Waals surface area contributed by atoms with Gasteiger partial charge in [0.05, 0.1) is 11.9 Å². The lowest BCUT2D eigenvalue weighted by molar-refractivity contribution is -0.676. The van der Waals surface area contributed by atoms with Crippen LogP contribution in [0.2, 0.25) is 0 Å². The molecule has 7 nitrogen and oxygen atoms in total. The Morgan fingerprint density at radius 1 is 1.45 bits per heavy atom. The quantitative estimate of drug-likeness (QED) is 0.513. The molecule has 2 aromatic heterocycles. The van der Waals surface area contributed by atoms with E-state index in [9.17, 15) is 5.26 Å². The number of nitrogens with one attached hydrogen (secondary N) is 2. The maximum Gasteiger partial charge on any atom is 0.315 e. The first kappa shape index (κ1) is 12.2. The largest absolute Gasteiger partial charge is 0.344 e. The number of ether oxygens (including phenoxy) is 1. The second kappa shape index (κ2) is 3.90. The highest BCUT2D eigenvalue weighted by atomic mass is 16.6. The predicted octanol–water partition coefficient (Wildman–Crippen LogP) is 2.33. The maximum absolute atomic E-state index is 9.20. The van der Waals surface area contributed by atoms with Crippen LogP contribution in [0.1, 0.15) is 49.0 Å². The average Bonchev–Trinajstić information content (AvgIpc) is 3.43. The molecule has 0 aromatic carbocycles. The van der Waals surface area contributed by atoms with E-state index >= 15 is 0 Å². The number of nitriles is 1. The van der Waals surface area contributed by atoms with Crippen LogP contribution in [0.15, 0.2) is 12.4 Å². The number of epoxide rings is 1. The van der Waals surface area contributed by atoms with Crippen molar-refractivity contribution < 1.29 is 9.43 Å². The molecule has 110 valence electrons. The number of hydrogen-bond acceptors (Lipinski definition) is 5. The van der Waals surface area contributed by atoms with E-state index in [4.69, 9.17) is 15.3 Å². The summed E-state index contributed by atoms with van der Waals surface area (Å²) >= 11 is 0. The van der Waals surface area contributed by atoms with Gasteiger partial charge in [0.2, 0.25) is 0 Å². The molecular weight excluding hydrogens is 280 g/mol. The lowest BCUT2D eigenvalue weighted by atomic mass is 10.2. The summed E-state index contributed by atoms with van der Waals surface area (Å²) in [7, 11) is 0. The zero-order chi connectivity index (χ0) is 14.9. The minimum Gasteiger partial charge on any atom is -0.344 e. The topological polar surface area (TPSA) is 105 Å². The van der Waals surface area contributed by atoms with Crippen LogP contribution >= 0.6 is 0 Å². The fourth-order valence-corrected chi connectivity index (χ4v) is 3.01. The van der Waals surface area contributed by atoms with Crippen molar-refractivity contribution in [1.29, 1.82) is 10.8 Å². The van der Waals surface area contributed by atoms with Crippen LogP contribution < -0.4 is 0 Å². The van der Waals surface area contributed by atoms with Gasteiger partial charge in [0, 0.05) is 30.5 Å².